The van der Waals surface area contributed by atoms with Crippen LogP contribution in [-0.4, -0.2) is 26.6 Å². The maximum atomic E-state index is 12.7. The van der Waals surface area contributed by atoms with Crippen LogP contribution in [0, 0.1) is 12.3 Å². The van der Waals surface area contributed by atoms with Crippen molar-refractivity contribution in [2.24, 2.45) is 0 Å². The maximum Gasteiger partial charge on any atom is 0.287 e. The van der Waals surface area contributed by atoms with E-state index in [2.05, 4.69) is 20.3 Å². The van der Waals surface area contributed by atoms with Gasteiger partial charge in [-0.2, -0.15) is 0 Å². The van der Waals surface area contributed by atoms with Gasteiger partial charge in [0.15, 0.2) is 5.82 Å². The Morgan fingerprint density at radius 1 is 1.17 bits per heavy atom. The summed E-state index contributed by atoms with van der Waals surface area (Å²) in [6, 6.07) is 14.8. The number of amides is 1. The van der Waals surface area contributed by atoms with Gasteiger partial charge in [0.2, 0.25) is 0 Å². The van der Waals surface area contributed by atoms with E-state index in [1.165, 1.54) is 0 Å². The number of fused-ring (bicyclic) bond motifs is 1. The molecule has 0 aliphatic carbocycles. The van der Waals surface area contributed by atoms with Crippen LogP contribution in [-0.2, 0) is 0 Å². The summed E-state index contributed by atoms with van der Waals surface area (Å²) < 4.78 is 0. The van der Waals surface area contributed by atoms with Crippen molar-refractivity contribution in [1.82, 2.24) is 20.3 Å². The molecule has 5 N–H and O–H groups in total. The molecule has 2 aromatic carbocycles. The Balaban J connectivity index is 1.60. The molecule has 0 radical (unpaired) electrons. The Morgan fingerprint density at radius 2 is 1.93 bits per heavy atom. The first-order valence-electron chi connectivity index (χ1n) is 9.58. The summed E-state index contributed by atoms with van der Waals surface area (Å²) in [6.07, 6.45) is 3.26. The van der Waals surface area contributed by atoms with E-state index < -0.39 is 0 Å². The molecule has 0 saturated carbocycles. The topological polar surface area (TPSA) is 121 Å². The highest BCUT2D eigenvalue weighted by atomic mass is 16.2. The van der Waals surface area contributed by atoms with Gasteiger partial charge in [0.05, 0.1) is 22.8 Å². The second kappa shape index (κ2) is 7.79. The molecule has 4 rings (SSSR count). The monoisotopic (exact) mass is 398 g/mol. The first-order chi connectivity index (χ1) is 14.4. The van der Waals surface area contributed by atoms with Crippen molar-refractivity contribution >= 4 is 28.3 Å². The minimum absolute atomic E-state index is 0.161. The number of imidazole rings is 1. The molecule has 0 aliphatic heterocycles. The summed E-state index contributed by atoms with van der Waals surface area (Å²) in [7, 11) is 0. The number of H-pyrrole nitrogens is 1. The van der Waals surface area contributed by atoms with Crippen molar-refractivity contribution in [2.75, 3.05) is 5.73 Å². The smallest absolute Gasteiger partial charge is 0.287 e. The first kappa shape index (κ1) is 19.3. The van der Waals surface area contributed by atoms with Gasteiger partial charge in [0, 0.05) is 29.2 Å². The van der Waals surface area contributed by atoms with Crippen molar-refractivity contribution in [1.29, 1.82) is 5.41 Å². The van der Waals surface area contributed by atoms with Crippen LogP contribution in [0.1, 0.15) is 45.8 Å². The minimum Gasteiger partial charge on any atom is -0.398 e. The number of aryl methyl sites for hydroxylation is 1. The van der Waals surface area contributed by atoms with Gasteiger partial charge in [-0.1, -0.05) is 29.8 Å². The molecule has 4 aromatic rings. The number of benzene rings is 2. The minimum atomic E-state index is -0.301. The van der Waals surface area contributed by atoms with Crippen LogP contribution in [0.5, 0.6) is 0 Å². The molecule has 2 aromatic heterocycles. The fourth-order valence-corrected chi connectivity index (χ4v) is 3.36. The van der Waals surface area contributed by atoms with Gasteiger partial charge in [-0.15, -0.1) is 0 Å². The average molecular weight is 398 g/mol. The average Bonchev–Trinajstić information content (AvgIpc) is 3.16. The van der Waals surface area contributed by atoms with E-state index in [4.69, 9.17) is 11.1 Å². The summed E-state index contributed by atoms with van der Waals surface area (Å²) in [5.41, 5.74) is 11.5. The zero-order valence-corrected chi connectivity index (χ0v) is 16.7. The lowest BCUT2D eigenvalue weighted by Crippen LogP contribution is -2.27. The molecule has 7 heteroatoms. The first-order valence-corrected chi connectivity index (χ1v) is 9.58. The van der Waals surface area contributed by atoms with Gasteiger partial charge >= 0.3 is 0 Å². The summed E-state index contributed by atoms with van der Waals surface area (Å²) in [4.78, 5) is 24.1. The summed E-state index contributed by atoms with van der Waals surface area (Å²) in [6.45, 7) is 3.95. The van der Waals surface area contributed by atoms with Crippen molar-refractivity contribution in [3.05, 3.63) is 89.0 Å². The molecular formula is C23H22N6O. The fourth-order valence-electron chi connectivity index (χ4n) is 3.36. The van der Waals surface area contributed by atoms with E-state index in [-0.39, 0.29) is 23.5 Å². The number of hydrogen-bond acceptors (Lipinski definition) is 5. The second-order valence-electron chi connectivity index (χ2n) is 7.26. The molecular weight excluding hydrogens is 376 g/mol. The third-order valence-electron chi connectivity index (χ3n) is 5.00. The lowest BCUT2D eigenvalue weighted by atomic mass is 10.0. The Kier molecular flexibility index (Phi) is 5.02. The molecule has 1 amide bonds. The van der Waals surface area contributed by atoms with E-state index in [1.807, 2.05) is 38.1 Å². The highest BCUT2D eigenvalue weighted by molar-refractivity contribution is 6.15. The molecule has 0 bridgehead atoms. The number of nitrogens with one attached hydrogen (secondary N) is 3. The molecule has 30 heavy (non-hydrogen) atoms. The van der Waals surface area contributed by atoms with Crippen molar-refractivity contribution in [3.8, 4) is 0 Å². The number of pyridine rings is 1. The van der Waals surface area contributed by atoms with Gasteiger partial charge in [0.1, 0.15) is 0 Å². The number of carbonyl (C=O) groups excluding carboxylic acids is 1. The van der Waals surface area contributed by atoms with Crippen molar-refractivity contribution in [3.63, 3.8) is 0 Å². The maximum absolute atomic E-state index is 12.7. The van der Waals surface area contributed by atoms with Crippen molar-refractivity contribution in [2.45, 2.75) is 19.9 Å². The molecule has 150 valence electrons. The molecule has 0 aliphatic rings. The molecule has 0 saturated heterocycles. The number of hydrogen-bond donors (Lipinski definition) is 4. The largest absolute Gasteiger partial charge is 0.398 e. The van der Waals surface area contributed by atoms with Crippen LogP contribution < -0.4 is 11.1 Å². The number of aromatic nitrogens is 3. The number of rotatable bonds is 5. The van der Waals surface area contributed by atoms with Crippen LogP contribution in [0.15, 0.2) is 60.9 Å². The highest BCUT2D eigenvalue weighted by Crippen LogP contribution is 2.23. The van der Waals surface area contributed by atoms with Crippen LogP contribution in [0.4, 0.5) is 5.69 Å². The molecule has 2 heterocycles. The molecule has 0 spiro atoms. The number of carbonyl (C=O) groups is 1. The standard InChI is InChI=1S/C23H22N6O/c1-13-4-3-5-16(10-13)14(2)27-23(30)22-28-19-11-17(18(24)12-20(19)29-22)21(25)15-6-8-26-9-7-15/h3-12,14,25H,24H2,1-2H3,(H,27,30)(H,28,29). The lowest BCUT2D eigenvalue weighted by Gasteiger charge is -2.13. The van der Waals surface area contributed by atoms with E-state index >= 15 is 0 Å². The number of aromatic amines is 1. The Morgan fingerprint density at radius 3 is 2.67 bits per heavy atom. The second-order valence-corrected chi connectivity index (χ2v) is 7.26. The van der Waals surface area contributed by atoms with Gasteiger partial charge in [-0.05, 0) is 43.7 Å². The Bertz CT molecular complexity index is 1250. The van der Waals surface area contributed by atoms with E-state index in [0.29, 0.717) is 27.8 Å². The highest BCUT2D eigenvalue weighted by Gasteiger charge is 2.17. The summed E-state index contributed by atoms with van der Waals surface area (Å²) >= 11 is 0. The molecule has 7 nitrogen and oxygen atoms in total. The normalized spacial score (nSPS) is 11.9. The van der Waals surface area contributed by atoms with Gasteiger partial charge < -0.3 is 16.0 Å². The van der Waals surface area contributed by atoms with Crippen LogP contribution in [0.3, 0.4) is 0 Å². The van der Waals surface area contributed by atoms with Gasteiger partial charge in [-0.25, -0.2) is 4.98 Å². The number of nitrogens with zero attached hydrogens (tertiary/aromatic N) is 2. The van der Waals surface area contributed by atoms with Gasteiger partial charge in [-0.3, -0.25) is 15.2 Å². The van der Waals surface area contributed by atoms with E-state index in [9.17, 15) is 4.79 Å². The van der Waals surface area contributed by atoms with Crippen LogP contribution in [0.2, 0.25) is 0 Å². The summed E-state index contributed by atoms with van der Waals surface area (Å²) in [5, 5.41) is 11.4. The lowest BCUT2D eigenvalue weighted by molar-refractivity contribution is 0.0930. The van der Waals surface area contributed by atoms with Crippen LogP contribution in [0.25, 0.3) is 11.0 Å². The molecule has 1 unspecified atom stereocenters. The predicted molar refractivity (Wildman–Crippen MR) is 118 cm³/mol. The third kappa shape index (κ3) is 3.77. The zero-order chi connectivity index (χ0) is 21.3. The molecule has 0 fully saturated rings. The number of nitrogen functional groups attached to an aromatic ring is 1. The van der Waals surface area contributed by atoms with E-state index in [1.54, 1.807) is 36.7 Å². The molecule has 1 atom stereocenters. The zero-order valence-electron chi connectivity index (χ0n) is 16.7. The number of nitrogens with two attached hydrogens (primary N) is 1. The Labute approximate surface area is 173 Å². The predicted octanol–water partition coefficient (Wildman–Crippen LogP) is 3.76. The Hall–Kier alpha value is -4.00. The SMILES string of the molecule is Cc1cccc(C(C)NC(=O)c2nc3cc(C(=N)c4ccncc4)c(N)cc3[nH]2)c1. The number of anilines is 1. The summed E-state index contributed by atoms with van der Waals surface area (Å²) in [5.74, 6) is -0.0963. The quantitative estimate of drug-likeness (QED) is 0.302. The fraction of sp³-hybridized carbons (Fsp3) is 0.130. The van der Waals surface area contributed by atoms with Crippen molar-refractivity contribution < 1.29 is 4.79 Å². The van der Waals surface area contributed by atoms with E-state index in [0.717, 1.165) is 11.1 Å². The van der Waals surface area contributed by atoms with Crippen LogP contribution >= 0.6 is 0 Å². The van der Waals surface area contributed by atoms with Gasteiger partial charge in [0.25, 0.3) is 5.91 Å². The third-order valence-corrected chi connectivity index (χ3v) is 5.00.